The first-order chi connectivity index (χ1) is 9.19. The third kappa shape index (κ3) is 2.35. The molecule has 0 radical (unpaired) electrons. The zero-order valence-electron chi connectivity index (χ0n) is 11.7. The number of anilines is 1. The molecule has 0 saturated carbocycles. The third-order valence-electron chi connectivity index (χ3n) is 4.43. The molecule has 19 heavy (non-hydrogen) atoms. The van der Waals surface area contributed by atoms with Crippen molar-refractivity contribution in [1.29, 1.82) is 0 Å². The van der Waals surface area contributed by atoms with Crippen molar-refractivity contribution in [2.24, 2.45) is 5.92 Å². The number of nitrogens with one attached hydrogen (secondary N) is 1. The van der Waals surface area contributed by atoms with Gasteiger partial charge in [0.1, 0.15) is 5.82 Å². The second-order valence-electron chi connectivity index (χ2n) is 5.80. The summed E-state index contributed by atoms with van der Waals surface area (Å²) in [6.45, 7) is 5.14. The Morgan fingerprint density at radius 2 is 2.37 bits per heavy atom. The first-order valence-corrected chi connectivity index (χ1v) is 7.30. The topological polar surface area (TPSA) is 60.2 Å². The summed E-state index contributed by atoms with van der Waals surface area (Å²) >= 11 is 0. The van der Waals surface area contributed by atoms with E-state index in [-0.39, 0.29) is 6.04 Å². The maximum absolute atomic E-state index is 6.09. The Bertz CT molecular complexity index is 463. The molecule has 4 nitrogen and oxygen atoms in total. The van der Waals surface area contributed by atoms with Crippen LogP contribution in [0.25, 0.3) is 0 Å². The smallest absolute Gasteiger partial charge is 0.128 e. The van der Waals surface area contributed by atoms with Crippen molar-refractivity contribution >= 4 is 5.82 Å². The number of hydrogen-bond donors (Lipinski definition) is 2. The fourth-order valence-corrected chi connectivity index (χ4v) is 3.59. The van der Waals surface area contributed by atoms with Crippen molar-refractivity contribution in [3.8, 4) is 0 Å². The molecule has 0 aliphatic carbocycles. The van der Waals surface area contributed by atoms with E-state index < -0.39 is 0 Å². The van der Waals surface area contributed by atoms with Crippen LogP contribution in [0, 0.1) is 12.8 Å². The van der Waals surface area contributed by atoms with Crippen LogP contribution in [-0.2, 0) is 4.74 Å². The largest absolute Gasteiger partial charge is 0.383 e. The molecule has 3 heterocycles. The minimum Gasteiger partial charge on any atom is -0.383 e. The quantitative estimate of drug-likeness (QED) is 0.872. The van der Waals surface area contributed by atoms with Crippen LogP contribution in [0.3, 0.4) is 0 Å². The molecule has 2 saturated heterocycles. The Labute approximate surface area is 114 Å². The van der Waals surface area contributed by atoms with E-state index in [1.807, 2.05) is 6.20 Å². The van der Waals surface area contributed by atoms with Gasteiger partial charge in [-0.3, -0.25) is 0 Å². The van der Waals surface area contributed by atoms with Gasteiger partial charge in [-0.1, -0.05) is 6.92 Å². The van der Waals surface area contributed by atoms with Gasteiger partial charge in [-0.25, -0.2) is 4.98 Å². The van der Waals surface area contributed by atoms with Gasteiger partial charge in [0.15, 0.2) is 0 Å². The fraction of sp³-hybridized carbons (Fsp3) is 0.667. The average Bonchev–Trinajstić information content (AvgIpc) is 3.01. The molecule has 2 bridgehead atoms. The highest BCUT2D eigenvalue weighted by Crippen LogP contribution is 2.45. The standard InChI is InChI=1S/C15H23N3O/c1-3-17-14(11-7-10-4-5-13(11)19-10)12-6-9(2)8-18-15(12)16/h6,8,10-11,13-14,17H,3-5,7H2,1-2H3,(H2,16,18). The molecule has 0 amide bonds. The minimum atomic E-state index is 0.271. The van der Waals surface area contributed by atoms with Gasteiger partial charge in [0.05, 0.1) is 12.2 Å². The monoisotopic (exact) mass is 261 g/mol. The van der Waals surface area contributed by atoms with Crippen LogP contribution >= 0.6 is 0 Å². The molecule has 2 aliphatic heterocycles. The first kappa shape index (κ1) is 12.9. The lowest BCUT2D eigenvalue weighted by molar-refractivity contribution is 0.0858. The van der Waals surface area contributed by atoms with Crippen LogP contribution in [0.15, 0.2) is 12.3 Å². The van der Waals surface area contributed by atoms with Gasteiger partial charge in [-0.15, -0.1) is 0 Å². The zero-order valence-corrected chi connectivity index (χ0v) is 11.7. The Balaban J connectivity index is 1.90. The van der Waals surface area contributed by atoms with E-state index in [2.05, 4.69) is 30.2 Å². The van der Waals surface area contributed by atoms with Gasteiger partial charge in [-0.2, -0.15) is 0 Å². The summed E-state index contributed by atoms with van der Waals surface area (Å²) < 4.78 is 6.00. The molecule has 104 valence electrons. The molecule has 3 rings (SSSR count). The van der Waals surface area contributed by atoms with Crippen molar-refractivity contribution in [3.63, 3.8) is 0 Å². The molecule has 1 aromatic heterocycles. The van der Waals surface area contributed by atoms with Gasteiger partial charge in [0.25, 0.3) is 0 Å². The molecule has 2 fully saturated rings. The summed E-state index contributed by atoms with van der Waals surface area (Å²) in [5, 5.41) is 3.59. The lowest BCUT2D eigenvalue weighted by Gasteiger charge is -2.30. The Kier molecular flexibility index (Phi) is 3.46. The second kappa shape index (κ2) is 5.10. The van der Waals surface area contributed by atoms with E-state index in [1.54, 1.807) is 0 Å². The van der Waals surface area contributed by atoms with Crippen LogP contribution < -0.4 is 11.1 Å². The number of ether oxygens (including phenoxy) is 1. The minimum absolute atomic E-state index is 0.271. The molecule has 2 aliphatic rings. The van der Waals surface area contributed by atoms with E-state index >= 15 is 0 Å². The van der Waals surface area contributed by atoms with Crippen LogP contribution in [0.5, 0.6) is 0 Å². The van der Waals surface area contributed by atoms with E-state index in [1.165, 1.54) is 12.8 Å². The molecule has 0 aromatic carbocycles. The molecular formula is C15H23N3O. The number of nitrogens with two attached hydrogens (primary N) is 1. The highest BCUT2D eigenvalue weighted by Gasteiger charge is 2.45. The van der Waals surface area contributed by atoms with Crippen molar-refractivity contribution in [2.45, 2.75) is 51.4 Å². The molecular weight excluding hydrogens is 238 g/mol. The molecule has 4 unspecified atom stereocenters. The first-order valence-electron chi connectivity index (χ1n) is 7.30. The summed E-state index contributed by atoms with van der Waals surface area (Å²) in [7, 11) is 0. The Hall–Kier alpha value is -1.13. The van der Waals surface area contributed by atoms with E-state index in [4.69, 9.17) is 10.5 Å². The number of hydrogen-bond acceptors (Lipinski definition) is 4. The van der Waals surface area contributed by atoms with Crippen molar-refractivity contribution in [2.75, 3.05) is 12.3 Å². The highest BCUT2D eigenvalue weighted by molar-refractivity contribution is 5.43. The van der Waals surface area contributed by atoms with E-state index in [0.29, 0.717) is 23.9 Å². The molecule has 4 atom stereocenters. The van der Waals surface area contributed by atoms with Gasteiger partial charge in [-0.05, 0) is 44.4 Å². The lowest BCUT2D eigenvalue weighted by atomic mass is 9.81. The maximum atomic E-state index is 6.09. The number of aromatic nitrogens is 1. The van der Waals surface area contributed by atoms with Gasteiger partial charge < -0.3 is 15.8 Å². The summed E-state index contributed by atoms with van der Waals surface area (Å²) in [5.41, 5.74) is 8.40. The average molecular weight is 261 g/mol. The number of pyridine rings is 1. The molecule has 3 N–H and O–H groups in total. The number of rotatable bonds is 4. The fourth-order valence-electron chi connectivity index (χ4n) is 3.59. The second-order valence-corrected chi connectivity index (χ2v) is 5.80. The summed E-state index contributed by atoms with van der Waals surface area (Å²) in [6, 6.07) is 2.44. The van der Waals surface area contributed by atoms with Gasteiger partial charge in [0, 0.05) is 23.7 Å². The Morgan fingerprint density at radius 3 is 3.00 bits per heavy atom. The Morgan fingerprint density at radius 1 is 1.53 bits per heavy atom. The maximum Gasteiger partial charge on any atom is 0.128 e. The van der Waals surface area contributed by atoms with E-state index in [0.717, 1.165) is 24.1 Å². The van der Waals surface area contributed by atoms with Crippen molar-refractivity contribution in [3.05, 3.63) is 23.4 Å². The predicted octanol–water partition coefficient (Wildman–Crippen LogP) is 2.19. The normalized spacial score (nSPS) is 30.7. The molecule has 4 heteroatoms. The number of fused-ring (bicyclic) bond motifs is 2. The van der Waals surface area contributed by atoms with Crippen LogP contribution in [0.2, 0.25) is 0 Å². The van der Waals surface area contributed by atoms with Crippen LogP contribution in [0.4, 0.5) is 5.82 Å². The summed E-state index contributed by atoms with van der Waals surface area (Å²) in [4.78, 5) is 4.31. The molecule has 0 spiro atoms. The number of nitrogen functional groups attached to an aromatic ring is 1. The van der Waals surface area contributed by atoms with Gasteiger partial charge in [0.2, 0.25) is 0 Å². The third-order valence-corrected chi connectivity index (χ3v) is 4.43. The predicted molar refractivity (Wildman–Crippen MR) is 75.8 cm³/mol. The highest BCUT2D eigenvalue weighted by atomic mass is 16.5. The zero-order chi connectivity index (χ0) is 13.4. The lowest BCUT2D eigenvalue weighted by Crippen LogP contribution is -2.34. The van der Waals surface area contributed by atoms with Crippen molar-refractivity contribution < 1.29 is 4.74 Å². The van der Waals surface area contributed by atoms with E-state index in [9.17, 15) is 0 Å². The number of nitrogens with zero attached hydrogens (tertiary/aromatic N) is 1. The number of aryl methyl sites for hydroxylation is 1. The SMILES string of the molecule is CCNC(c1cc(C)cnc1N)C1CC2CCC1O2. The molecule has 1 aromatic rings. The van der Waals surface area contributed by atoms with Crippen LogP contribution in [0.1, 0.15) is 43.4 Å². The van der Waals surface area contributed by atoms with Gasteiger partial charge >= 0.3 is 0 Å². The van der Waals surface area contributed by atoms with Crippen LogP contribution in [-0.4, -0.2) is 23.7 Å². The summed E-state index contributed by atoms with van der Waals surface area (Å²) in [5.74, 6) is 1.18. The van der Waals surface area contributed by atoms with Crippen molar-refractivity contribution in [1.82, 2.24) is 10.3 Å². The summed E-state index contributed by atoms with van der Waals surface area (Å²) in [6.07, 6.45) is 6.26.